The van der Waals surface area contributed by atoms with Gasteiger partial charge in [-0.2, -0.15) is 5.26 Å². The highest BCUT2D eigenvalue weighted by atomic mass is 16.5. The summed E-state index contributed by atoms with van der Waals surface area (Å²) in [6.45, 7) is 8.91. The third-order valence-electron chi connectivity index (χ3n) is 5.11. The third kappa shape index (κ3) is 3.96. The topological polar surface area (TPSA) is 68.5 Å². The van der Waals surface area contributed by atoms with Gasteiger partial charge in [0.2, 0.25) is 0 Å². The van der Waals surface area contributed by atoms with Crippen molar-refractivity contribution >= 4 is 17.3 Å². The van der Waals surface area contributed by atoms with E-state index in [4.69, 9.17) is 10.00 Å². The second-order valence-electron chi connectivity index (χ2n) is 6.86. The van der Waals surface area contributed by atoms with Gasteiger partial charge in [0.25, 0.3) is 0 Å². The zero-order valence-corrected chi connectivity index (χ0v) is 15.6. The molecule has 2 fully saturated rings. The molecule has 2 saturated heterocycles. The number of morpholine rings is 1. The molecule has 7 nitrogen and oxygen atoms in total. The van der Waals surface area contributed by atoms with Gasteiger partial charge in [0.05, 0.1) is 24.8 Å². The average Bonchev–Trinajstić information content (AvgIpc) is 2.74. The van der Waals surface area contributed by atoms with Crippen LogP contribution in [0.1, 0.15) is 11.4 Å². The van der Waals surface area contributed by atoms with Crippen LogP contribution in [0.2, 0.25) is 0 Å². The van der Waals surface area contributed by atoms with Crippen LogP contribution in [0, 0.1) is 18.3 Å². The van der Waals surface area contributed by atoms with E-state index in [9.17, 15) is 0 Å². The first kappa shape index (κ1) is 17.6. The Morgan fingerprint density at radius 1 is 0.852 bits per heavy atom. The smallest absolute Gasteiger partial charge is 0.134 e. The molecule has 0 radical (unpaired) electrons. The number of piperazine rings is 1. The van der Waals surface area contributed by atoms with Crippen molar-refractivity contribution in [3.63, 3.8) is 0 Å². The Balaban J connectivity index is 1.44. The molecule has 0 saturated carbocycles. The fourth-order valence-electron chi connectivity index (χ4n) is 3.59. The summed E-state index contributed by atoms with van der Waals surface area (Å²) < 4.78 is 5.45. The maximum absolute atomic E-state index is 8.95. The van der Waals surface area contributed by atoms with Crippen LogP contribution in [0.5, 0.6) is 0 Å². The van der Waals surface area contributed by atoms with E-state index in [0.717, 1.165) is 69.9 Å². The molecule has 0 amide bonds. The molecule has 0 N–H and O–H groups in total. The molecule has 2 aromatic rings. The zero-order valence-electron chi connectivity index (χ0n) is 15.6. The first-order chi connectivity index (χ1) is 13.2. The Kier molecular flexibility index (Phi) is 5.07. The Labute approximate surface area is 159 Å². The van der Waals surface area contributed by atoms with Crippen LogP contribution in [0.15, 0.2) is 30.3 Å². The number of ether oxygens (including phenoxy) is 1. The predicted octanol–water partition coefficient (Wildman–Crippen LogP) is 1.82. The number of hydrogen-bond acceptors (Lipinski definition) is 7. The quantitative estimate of drug-likeness (QED) is 0.823. The molecule has 0 spiro atoms. The average molecular weight is 364 g/mol. The van der Waals surface area contributed by atoms with Crippen molar-refractivity contribution in [2.45, 2.75) is 6.92 Å². The second kappa shape index (κ2) is 7.80. The van der Waals surface area contributed by atoms with E-state index < -0.39 is 0 Å². The van der Waals surface area contributed by atoms with Gasteiger partial charge in [-0.25, -0.2) is 9.97 Å². The van der Waals surface area contributed by atoms with E-state index in [0.29, 0.717) is 5.56 Å². The summed E-state index contributed by atoms with van der Waals surface area (Å²) in [7, 11) is 0. The summed E-state index contributed by atoms with van der Waals surface area (Å²) in [5, 5.41) is 8.95. The lowest BCUT2D eigenvalue weighted by atomic mass is 10.2. The fourth-order valence-corrected chi connectivity index (χ4v) is 3.59. The number of nitriles is 1. The molecule has 1 aromatic carbocycles. The monoisotopic (exact) mass is 364 g/mol. The number of benzene rings is 1. The first-order valence-corrected chi connectivity index (χ1v) is 9.41. The van der Waals surface area contributed by atoms with Crippen molar-refractivity contribution in [3.05, 3.63) is 41.7 Å². The molecular weight excluding hydrogens is 340 g/mol. The maximum Gasteiger partial charge on any atom is 0.134 e. The minimum absolute atomic E-state index is 0.699. The molecule has 0 atom stereocenters. The predicted molar refractivity (Wildman–Crippen MR) is 105 cm³/mol. The number of hydrogen-bond donors (Lipinski definition) is 0. The molecule has 3 heterocycles. The van der Waals surface area contributed by atoms with E-state index in [-0.39, 0.29) is 0 Å². The Morgan fingerprint density at radius 3 is 2.00 bits per heavy atom. The molecule has 2 aliphatic heterocycles. The molecule has 0 bridgehead atoms. The van der Waals surface area contributed by atoms with E-state index >= 15 is 0 Å². The number of rotatable bonds is 3. The van der Waals surface area contributed by atoms with Gasteiger partial charge in [-0.05, 0) is 31.2 Å². The lowest BCUT2D eigenvalue weighted by Crippen LogP contribution is -2.47. The van der Waals surface area contributed by atoms with Crippen molar-refractivity contribution in [1.29, 1.82) is 5.26 Å². The van der Waals surface area contributed by atoms with E-state index in [2.05, 4.69) is 36.8 Å². The number of aryl methyl sites for hydroxylation is 1. The zero-order chi connectivity index (χ0) is 18.6. The Hall–Kier alpha value is -2.85. The van der Waals surface area contributed by atoms with E-state index in [1.807, 2.05) is 31.2 Å². The summed E-state index contributed by atoms with van der Waals surface area (Å²) in [6, 6.07) is 12.1. The minimum atomic E-state index is 0.699. The number of anilines is 3. The lowest BCUT2D eigenvalue weighted by molar-refractivity contribution is 0.122. The summed E-state index contributed by atoms with van der Waals surface area (Å²) in [6.07, 6.45) is 0. The van der Waals surface area contributed by atoms with Crippen molar-refractivity contribution in [2.75, 3.05) is 67.2 Å². The van der Waals surface area contributed by atoms with Crippen molar-refractivity contribution < 1.29 is 4.74 Å². The van der Waals surface area contributed by atoms with Crippen LogP contribution in [0.3, 0.4) is 0 Å². The Bertz CT molecular complexity index is 817. The van der Waals surface area contributed by atoms with Crippen LogP contribution in [-0.4, -0.2) is 62.5 Å². The van der Waals surface area contributed by atoms with Gasteiger partial charge in [0, 0.05) is 51.0 Å². The largest absolute Gasteiger partial charge is 0.378 e. The lowest BCUT2D eigenvalue weighted by Gasteiger charge is -2.37. The summed E-state index contributed by atoms with van der Waals surface area (Å²) >= 11 is 0. The van der Waals surface area contributed by atoms with Crippen LogP contribution in [-0.2, 0) is 4.74 Å². The summed E-state index contributed by atoms with van der Waals surface area (Å²) in [5.74, 6) is 2.81. The van der Waals surface area contributed by atoms with Gasteiger partial charge >= 0.3 is 0 Å². The van der Waals surface area contributed by atoms with Gasteiger partial charge in [0.1, 0.15) is 17.5 Å². The van der Waals surface area contributed by atoms with Crippen LogP contribution in [0.25, 0.3) is 0 Å². The first-order valence-electron chi connectivity index (χ1n) is 9.41. The molecule has 140 valence electrons. The highest BCUT2D eigenvalue weighted by Gasteiger charge is 2.21. The van der Waals surface area contributed by atoms with Gasteiger partial charge in [0.15, 0.2) is 0 Å². The molecule has 0 unspecified atom stereocenters. The number of aromatic nitrogens is 2. The van der Waals surface area contributed by atoms with E-state index in [1.165, 1.54) is 5.69 Å². The van der Waals surface area contributed by atoms with Crippen LogP contribution >= 0.6 is 0 Å². The standard InChI is InChI=1S/C20H24N6O/c1-16-22-19(14-20(23-16)26-10-12-27-13-11-26)25-8-6-24(7-9-25)18-4-2-17(15-21)3-5-18/h2-5,14H,6-13H2,1H3. The molecule has 1 aromatic heterocycles. The molecule has 4 rings (SSSR count). The number of nitrogens with zero attached hydrogens (tertiary/aromatic N) is 6. The molecular formula is C20H24N6O. The highest BCUT2D eigenvalue weighted by Crippen LogP contribution is 2.23. The maximum atomic E-state index is 8.95. The summed E-state index contributed by atoms with van der Waals surface area (Å²) in [5.41, 5.74) is 1.87. The van der Waals surface area contributed by atoms with Crippen molar-refractivity contribution in [1.82, 2.24) is 9.97 Å². The minimum Gasteiger partial charge on any atom is -0.378 e. The summed E-state index contributed by atoms with van der Waals surface area (Å²) in [4.78, 5) is 16.3. The second-order valence-corrected chi connectivity index (χ2v) is 6.86. The van der Waals surface area contributed by atoms with Gasteiger partial charge in [-0.3, -0.25) is 0 Å². The highest BCUT2D eigenvalue weighted by molar-refractivity contribution is 5.54. The third-order valence-corrected chi connectivity index (χ3v) is 5.11. The SMILES string of the molecule is Cc1nc(N2CCOCC2)cc(N2CCN(c3ccc(C#N)cc3)CC2)n1. The van der Waals surface area contributed by atoms with Crippen LogP contribution < -0.4 is 14.7 Å². The van der Waals surface area contributed by atoms with Crippen LogP contribution in [0.4, 0.5) is 17.3 Å². The van der Waals surface area contributed by atoms with Gasteiger partial charge in [-0.1, -0.05) is 0 Å². The van der Waals surface area contributed by atoms with Gasteiger partial charge in [-0.15, -0.1) is 0 Å². The molecule has 7 heteroatoms. The normalized spacial score (nSPS) is 17.7. The molecule has 2 aliphatic rings. The fraction of sp³-hybridized carbons (Fsp3) is 0.450. The Morgan fingerprint density at radius 2 is 1.41 bits per heavy atom. The van der Waals surface area contributed by atoms with Crippen molar-refractivity contribution in [3.8, 4) is 6.07 Å². The van der Waals surface area contributed by atoms with Crippen molar-refractivity contribution in [2.24, 2.45) is 0 Å². The van der Waals surface area contributed by atoms with E-state index in [1.54, 1.807) is 0 Å². The van der Waals surface area contributed by atoms with Gasteiger partial charge < -0.3 is 19.4 Å². The molecule has 27 heavy (non-hydrogen) atoms. The molecule has 0 aliphatic carbocycles.